The number of rotatable bonds is 3. The molecule has 0 saturated carbocycles. The molecular formula is C19H14F2N4. The van der Waals surface area contributed by atoms with Gasteiger partial charge in [0, 0.05) is 36.1 Å². The summed E-state index contributed by atoms with van der Waals surface area (Å²) in [4.78, 5) is 3.61. The predicted molar refractivity (Wildman–Crippen MR) is 91.7 cm³/mol. The summed E-state index contributed by atoms with van der Waals surface area (Å²) in [5.41, 5.74) is 10.2. The second-order valence-electron chi connectivity index (χ2n) is 5.67. The van der Waals surface area contributed by atoms with E-state index in [4.69, 9.17) is 5.73 Å². The molecule has 2 N–H and O–H groups in total. The Balaban J connectivity index is 2.03. The molecular weight excluding hydrogens is 322 g/mol. The quantitative estimate of drug-likeness (QED) is 0.579. The van der Waals surface area contributed by atoms with E-state index in [2.05, 4.69) is 10.1 Å². The molecule has 25 heavy (non-hydrogen) atoms. The van der Waals surface area contributed by atoms with E-state index >= 15 is 0 Å². The number of fused-ring (bicyclic) bond motifs is 1. The molecule has 3 heterocycles. The lowest BCUT2D eigenvalue weighted by atomic mass is 10.0. The highest BCUT2D eigenvalue weighted by molar-refractivity contribution is 5.92. The fourth-order valence-corrected chi connectivity index (χ4v) is 2.86. The van der Waals surface area contributed by atoms with Crippen molar-refractivity contribution in [3.63, 3.8) is 0 Å². The van der Waals surface area contributed by atoms with Crippen LogP contribution in [-0.2, 0) is 6.54 Å². The van der Waals surface area contributed by atoms with Gasteiger partial charge in [0.15, 0.2) is 0 Å². The van der Waals surface area contributed by atoms with Crippen LogP contribution in [0.15, 0.2) is 60.9 Å². The summed E-state index contributed by atoms with van der Waals surface area (Å²) in [7, 11) is 0. The van der Waals surface area contributed by atoms with Gasteiger partial charge in [-0.05, 0) is 47.5 Å². The first-order chi connectivity index (χ1) is 12.2. The van der Waals surface area contributed by atoms with Gasteiger partial charge >= 0.3 is 0 Å². The summed E-state index contributed by atoms with van der Waals surface area (Å²) in [6, 6.07) is 13.0. The highest BCUT2D eigenvalue weighted by Crippen LogP contribution is 2.35. The van der Waals surface area contributed by atoms with Gasteiger partial charge in [-0.15, -0.1) is 0 Å². The fourth-order valence-electron chi connectivity index (χ4n) is 2.86. The van der Waals surface area contributed by atoms with Crippen LogP contribution in [0.1, 0.15) is 5.56 Å². The molecule has 4 nitrogen and oxygen atoms in total. The third-order valence-corrected chi connectivity index (χ3v) is 4.06. The van der Waals surface area contributed by atoms with Gasteiger partial charge in [-0.2, -0.15) is 9.49 Å². The third-order valence-electron chi connectivity index (χ3n) is 4.06. The van der Waals surface area contributed by atoms with Gasteiger partial charge < -0.3 is 5.73 Å². The van der Waals surface area contributed by atoms with E-state index in [0.717, 1.165) is 22.2 Å². The molecule has 0 aliphatic rings. The predicted octanol–water partition coefficient (Wildman–Crippen LogP) is 3.80. The van der Waals surface area contributed by atoms with E-state index in [1.165, 1.54) is 24.4 Å². The Labute approximate surface area is 142 Å². The fraction of sp³-hybridized carbons (Fsp3) is 0.0526. The topological polar surface area (TPSA) is 56.2 Å². The average molecular weight is 336 g/mol. The molecule has 0 bridgehead atoms. The summed E-state index contributed by atoms with van der Waals surface area (Å²) < 4.78 is 28.7. The molecule has 1 aromatic carbocycles. The molecule has 0 fully saturated rings. The molecule has 0 unspecified atom stereocenters. The maximum absolute atomic E-state index is 13.7. The van der Waals surface area contributed by atoms with Crippen molar-refractivity contribution in [3.8, 4) is 22.4 Å². The molecule has 0 atom stereocenters. The van der Waals surface area contributed by atoms with Crippen LogP contribution in [0.4, 0.5) is 8.78 Å². The molecule has 0 radical (unpaired) electrons. The molecule has 4 rings (SSSR count). The maximum Gasteiger partial charge on any atom is 0.213 e. The zero-order chi connectivity index (χ0) is 17.4. The van der Waals surface area contributed by atoms with Crippen molar-refractivity contribution in [1.29, 1.82) is 0 Å². The van der Waals surface area contributed by atoms with Gasteiger partial charge in [0.25, 0.3) is 0 Å². The smallest absolute Gasteiger partial charge is 0.213 e. The van der Waals surface area contributed by atoms with E-state index in [1.807, 2.05) is 18.3 Å². The van der Waals surface area contributed by atoms with Crippen molar-refractivity contribution in [1.82, 2.24) is 14.6 Å². The Bertz CT molecular complexity index is 1050. The van der Waals surface area contributed by atoms with Crippen LogP contribution in [0.5, 0.6) is 0 Å². The number of benzene rings is 1. The largest absolute Gasteiger partial charge is 0.326 e. The lowest BCUT2D eigenvalue weighted by molar-refractivity contribution is 0.584. The van der Waals surface area contributed by atoms with Gasteiger partial charge in [-0.1, -0.05) is 6.07 Å². The normalized spacial score (nSPS) is 11.2. The van der Waals surface area contributed by atoms with E-state index < -0.39 is 5.95 Å². The van der Waals surface area contributed by atoms with Gasteiger partial charge in [0.2, 0.25) is 5.95 Å². The zero-order valence-corrected chi connectivity index (χ0v) is 13.2. The van der Waals surface area contributed by atoms with Crippen LogP contribution < -0.4 is 5.73 Å². The number of aromatic nitrogens is 3. The summed E-state index contributed by atoms with van der Waals surface area (Å²) in [6.45, 7) is 0.390. The number of nitrogens with two attached hydrogens (primary N) is 1. The zero-order valence-electron chi connectivity index (χ0n) is 13.2. The van der Waals surface area contributed by atoms with Crippen LogP contribution in [0.2, 0.25) is 0 Å². The number of hydrogen-bond acceptors (Lipinski definition) is 3. The minimum Gasteiger partial charge on any atom is -0.326 e. The number of nitrogens with zero attached hydrogens (tertiary/aromatic N) is 3. The molecule has 0 amide bonds. The van der Waals surface area contributed by atoms with E-state index in [-0.39, 0.29) is 5.82 Å². The van der Waals surface area contributed by atoms with Gasteiger partial charge in [0.05, 0.1) is 5.52 Å². The monoisotopic (exact) mass is 336 g/mol. The summed E-state index contributed by atoms with van der Waals surface area (Å²) in [5, 5.41) is 4.62. The Hall–Kier alpha value is -3.12. The van der Waals surface area contributed by atoms with E-state index in [0.29, 0.717) is 17.8 Å². The molecule has 0 aliphatic carbocycles. The third kappa shape index (κ3) is 2.77. The second-order valence-corrected chi connectivity index (χ2v) is 5.67. The summed E-state index contributed by atoms with van der Waals surface area (Å²) >= 11 is 0. The molecule has 3 aromatic heterocycles. The molecule has 4 aromatic rings. The maximum atomic E-state index is 13.7. The van der Waals surface area contributed by atoms with Crippen molar-refractivity contribution in [2.45, 2.75) is 6.54 Å². The van der Waals surface area contributed by atoms with Crippen LogP contribution in [0.3, 0.4) is 0 Å². The van der Waals surface area contributed by atoms with Crippen LogP contribution in [-0.4, -0.2) is 14.6 Å². The molecule has 0 saturated heterocycles. The lowest BCUT2D eigenvalue weighted by Crippen LogP contribution is -1.98. The minimum atomic E-state index is -0.569. The van der Waals surface area contributed by atoms with Crippen molar-refractivity contribution < 1.29 is 8.78 Å². The number of hydrogen-bond donors (Lipinski definition) is 1. The minimum absolute atomic E-state index is 0.325. The first-order valence-corrected chi connectivity index (χ1v) is 7.75. The highest BCUT2D eigenvalue weighted by Gasteiger charge is 2.17. The van der Waals surface area contributed by atoms with E-state index in [1.54, 1.807) is 22.7 Å². The van der Waals surface area contributed by atoms with Crippen LogP contribution >= 0.6 is 0 Å². The highest BCUT2D eigenvalue weighted by atomic mass is 19.1. The second kappa shape index (κ2) is 6.07. The summed E-state index contributed by atoms with van der Waals surface area (Å²) in [6.07, 6.45) is 3.25. The Morgan fingerprint density at radius 1 is 0.960 bits per heavy atom. The average Bonchev–Trinajstić information content (AvgIpc) is 3.00. The number of pyridine rings is 2. The van der Waals surface area contributed by atoms with Gasteiger partial charge in [-0.3, -0.25) is 0 Å². The Morgan fingerprint density at radius 3 is 2.48 bits per heavy atom. The SMILES string of the molecule is NCc1ccc2c(-c3ccnc(F)c3)c(-c3ccc(F)cc3)nn2c1. The van der Waals surface area contributed by atoms with Gasteiger partial charge in [-0.25, -0.2) is 13.9 Å². The first-order valence-electron chi connectivity index (χ1n) is 7.75. The van der Waals surface area contributed by atoms with E-state index in [9.17, 15) is 8.78 Å². The van der Waals surface area contributed by atoms with Crippen molar-refractivity contribution in [2.75, 3.05) is 0 Å². The summed E-state index contributed by atoms with van der Waals surface area (Å²) in [5.74, 6) is -0.894. The molecule has 124 valence electrons. The molecule has 6 heteroatoms. The molecule has 0 spiro atoms. The lowest BCUT2D eigenvalue weighted by Gasteiger charge is -2.04. The first kappa shape index (κ1) is 15.4. The van der Waals surface area contributed by atoms with Crippen molar-refractivity contribution in [2.24, 2.45) is 5.73 Å². The van der Waals surface area contributed by atoms with Gasteiger partial charge in [0.1, 0.15) is 11.5 Å². The molecule has 0 aliphatic heterocycles. The number of halogens is 2. The standard InChI is InChI=1S/C19H14F2N4/c20-15-4-2-13(3-5-15)19-18(14-7-8-23-17(21)9-14)16-6-1-12(10-22)11-25(16)24-19/h1-9,11H,10,22H2. The van der Waals surface area contributed by atoms with Crippen LogP contribution in [0.25, 0.3) is 27.9 Å². The van der Waals surface area contributed by atoms with Crippen molar-refractivity contribution >= 4 is 5.52 Å². The van der Waals surface area contributed by atoms with Crippen LogP contribution in [0, 0.1) is 11.8 Å². The Morgan fingerprint density at radius 2 is 1.76 bits per heavy atom. The Kier molecular flexibility index (Phi) is 3.74. The van der Waals surface area contributed by atoms with Crippen molar-refractivity contribution in [3.05, 3.63) is 78.3 Å².